The second-order valence-electron chi connectivity index (χ2n) is 5.22. The Hall–Kier alpha value is -3.03. The summed E-state index contributed by atoms with van der Waals surface area (Å²) in [7, 11) is 1.56. The molecule has 25 heavy (non-hydrogen) atoms. The second-order valence-corrected chi connectivity index (χ2v) is 5.22. The maximum atomic E-state index is 11.9. The topological polar surface area (TPSA) is 100 Å². The number of methoxy groups -OCH3 is 1. The maximum absolute atomic E-state index is 11.9. The van der Waals surface area contributed by atoms with Crippen molar-refractivity contribution in [3.05, 3.63) is 36.2 Å². The van der Waals surface area contributed by atoms with Crippen LogP contribution in [0.4, 0.5) is 22.1 Å². The summed E-state index contributed by atoms with van der Waals surface area (Å²) >= 11 is 0. The lowest BCUT2D eigenvalue weighted by molar-refractivity contribution is 0.252. The molecule has 0 spiro atoms. The number of anilines is 3. The number of amides is 2. The molecule has 0 radical (unpaired) electrons. The number of aromatic nitrogens is 2. The zero-order chi connectivity index (χ0) is 18.1. The third-order valence-corrected chi connectivity index (χ3v) is 3.27. The fourth-order valence-electron chi connectivity index (χ4n) is 2.21. The molecule has 0 unspecified atom stereocenters. The van der Waals surface area contributed by atoms with E-state index in [2.05, 4.69) is 31.2 Å². The monoisotopic (exact) mass is 344 g/mol. The maximum Gasteiger partial charge on any atom is 0.319 e. The van der Waals surface area contributed by atoms with Crippen molar-refractivity contribution in [1.82, 2.24) is 15.3 Å². The van der Waals surface area contributed by atoms with E-state index in [9.17, 15) is 4.79 Å². The van der Waals surface area contributed by atoms with E-state index >= 15 is 0 Å². The standard InChI is InChI=1S/C17H24N6O2/c1-4-18-15-11-16(22-12(2)21-15)19-9-10-20-17(24)23-13-7-5-6-8-14(13)25-3/h5-8,11H,4,9-10H2,1-3H3,(H2,20,23,24)(H2,18,19,21,22). The molecule has 2 rings (SSSR count). The van der Waals surface area contributed by atoms with Crippen LogP contribution in [0.3, 0.4) is 0 Å². The molecule has 0 saturated heterocycles. The molecule has 4 N–H and O–H groups in total. The molecule has 0 aliphatic rings. The van der Waals surface area contributed by atoms with Crippen LogP contribution in [0.1, 0.15) is 12.7 Å². The van der Waals surface area contributed by atoms with Gasteiger partial charge in [0.1, 0.15) is 23.2 Å². The van der Waals surface area contributed by atoms with E-state index in [0.29, 0.717) is 30.4 Å². The number of benzene rings is 1. The number of aryl methyl sites for hydroxylation is 1. The molecule has 8 heteroatoms. The van der Waals surface area contributed by atoms with Crippen LogP contribution in [0.15, 0.2) is 30.3 Å². The molecular formula is C17H24N6O2. The van der Waals surface area contributed by atoms with Crippen LogP contribution in [0, 0.1) is 6.92 Å². The van der Waals surface area contributed by atoms with Gasteiger partial charge < -0.3 is 26.0 Å². The predicted molar refractivity (Wildman–Crippen MR) is 99.4 cm³/mol. The Morgan fingerprint density at radius 2 is 1.84 bits per heavy atom. The van der Waals surface area contributed by atoms with Crippen molar-refractivity contribution in [2.75, 3.05) is 42.7 Å². The van der Waals surface area contributed by atoms with Gasteiger partial charge in [-0.25, -0.2) is 14.8 Å². The molecule has 1 aromatic heterocycles. The summed E-state index contributed by atoms with van der Waals surface area (Å²) in [6, 6.07) is 8.79. The molecule has 134 valence electrons. The highest BCUT2D eigenvalue weighted by Crippen LogP contribution is 2.22. The summed E-state index contributed by atoms with van der Waals surface area (Å²) in [6.45, 7) is 5.63. The highest BCUT2D eigenvalue weighted by Gasteiger charge is 2.06. The van der Waals surface area contributed by atoms with E-state index in [1.165, 1.54) is 0 Å². The van der Waals surface area contributed by atoms with E-state index in [1.807, 2.05) is 32.0 Å². The van der Waals surface area contributed by atoms with Gasteiger partial charge in [-0.05, 0) is 26.0 Å². The van der Waals surface area contributed by atoms with Crippen molar-refractivity contribution >= 4 is 23.4 Å². The van der Waals surface area contributed by atoms with Gasteiger partial charge in [0.2, 0.25) is 0 Å². The zero-order valence-corrected chi connectivity index (χ0v) is 14.7. The van der Waals surface area contributed by atoms with Crippen LogP contribution in [-0.4, -0.2) is 42.7 Å². The minimum absolute atomic E-state index is 0.293. The summed E-state index contributed by atoms with van der Waals surface area (Å²) in [4.78, 5) is 20.5. The third-order valence-electron chi connectivity index (χ3n) is 3.27. The van der Waals surface area contributed by atoms with Crippen molar-refractivity contribution in [3.63, 3.8) is 0 Å². The molecule has 1 aromatic carbocycles. The van der Waals surface area contributed by atoms with Crippen LogP contribution < -0.4 is 26.0 Å². The van der Waals surface area contributed by atoms with Gasteiger partial charge in [-0.2, -0.15) is 0 Å². The van der Waals surface area contributed by atoms with E-state index < -0.39 is 0 Å². The minimum Gasteiger partial charge on any atom is -0.495 e. The van der Waals surface area contributed by atoms with Crippen molar-refractivity contribution in [2.45, 2.75) is 13.8 Å². The predicted octanol–water partition coefficient (Wildman–Crippen LogP) is 2.46. The number of hydrogen-bond acceptors (Lipinski definition) is 6. The summed E-state index contributed by atoms with van der Waals surface area (Å²) < 4.78 is 5.20. The molecular weight excluding hydrogens is 320 g/mol. The lowest BCUT2D eigenvalue weighted by Gasteiger charge is -2.12. The number of rotatable bonds is 8. The molecule has 0 fully saturated rings. The first kappa shape index (κ1) is 18.3. The van der Waals surface area contributed by atoms with Crippen LogP contribution in [0.2, 0.25) is 0 Å². The first-order valence-corrected chi connectivity index (χ1v) is 8.13. The number of ether oxygens (including phenoxy) is 1. The Labute approximate surface area is 147 Å². The van der Waals surface area contributed by atoms with Crippen LogP contribution in [0.25, 0.3) is 0 Å². The Morgan fingerprint density at radius 1 is 1.12 bits per heavy atom. The van der Waals surface area contributed by atoms with E-state index in [4.69, 9.17) is 4.74 Å². The SMILES string of the molecule is CCNc1cc(NCCNC(=O)Nc2ccccc2OC)nc(C)n1. The first-order valence-electron chi connectivity index (χ1n) is 8.13. The fourth-order valence-corrected chi connectivity index (χ4v) is 2.21. The third kappa shape index (κ3) is 5.83. The average Bonchev–Trinajstić information content (AvgIpc) is 2.59. The van der Waals surface area contributed by atoms with Gasteiger partial charge in [0.05, 0.1) is 12.8 Å². The van der Waals surface area contributed by atoms with Crippen LogP contribution in [0.5, 0.6) is 5.75 Å². The number of carbonyl (C=O) groups is 1. The molecule has 0 atom stereocenters. The van der Waals surface area contributed by atoms with Crippen molar-refractivity contribution in [2.24, 2.45) is 0 Å². The van der Waals surface area contributed by atoms with Gasteiger partial charge in [0.15, 0.2) is 0 Å². The average molecular weight is 344 g/mol. The van der Waals surface area contributed by atoms with Crippen molar-refractivity contribution in [3.8, 4) is 5.75 Å². The molecule has 1 heterocycles. The van der Waals surface area contributed by atoms with E-state index in [1.54, 1.807) is 19.2 Å². The van der Waals surface area contributed by atoms with Gasteiger partial charge in [0.25, 0.3) is 0 Å². The van der Waals surface area contributed by atoms with Gasteiger partial charge in [-0.15, -0.1) is 0 Å². The molecule has 0 bridgehead atoms. The Bertz CT molecular complexity index is 707. The second kappa shape index (κ2) is 9.31. The smallest absolute Gasteiger partial charge is 0.319 e. The summed E-state index contributed by atoms with van der Waals surface area (Å²) in [6.07, 6.45) is 0. The first-order chi connectivity index (χ1) is 12.1. The fraction of sp³-hybridized carbons (Fsp3) is 0.353. The number of nitrogens with one attached hydrogen (secondary N) is 4. The van der Waals surface area contributed by atoms with E-state index in [-0.39, 0.29) is 6.03 Å². The zero-order valence-electron chi connectivity index (χ0n) is 14.7. The lowest BCUT2D eigenvalue weighted by Crippen LogP contribution is -2.32. The van der Waals surface area contributed by atoms with Crippen molar-refractivity contribution < 1.29 is 9.53 Å². The number of carbonyl (C=O) groups excluding carboxylic acids is 1. The van der Waals surface area contributed by atoms with Crippen molar-refractivity contribution in [1.29, 1.82) is 0 Å². The molecule has 2 aromatic rings. The molecule has 0 saturated carbocycles. The summed E-state index contributed by atoms with van der Waals surface area (Å²) in [5, 5.41) is 11.9. The number of urea groups is 1. The quantitative estimate of drug-likeness (QED) is 0.549. The highest BCUT2D eigenvalue weighted by molar-refractivity contribution is 5.90. The number of nitrogens with zero attached hydrogens (tertiary/aromatic N) is 2. The Kier molecular flexibility index (Phi) is 6.82. The van der Waals surface area contributed by atoms with Crippen LogP contribution >= 0.6 is 0 Å². The van der Waals surface area contributed by atoms with Gasteiger partial charge in [-0.3, -0.25) is 0 Å². The molecule has 0 aliphatic heterocycles. The van der Waals surface area contributed by atoms with Gasteiger partial charge >= 0.3 is 6.03 Å². The number of para-hydroxylation sites is 2. The normalized spacial score (nSPS) is 10.0. The summed E-state index contributed by atoms with van der Waals surface area (Å²) in [5.41, 5.74) is 0.622. The summed E-state index contributed by atoms with van der Waals surface area (Å²) in [5.74, 6) is 2.79. The largest absolute Gasteiger partial charge is 0.495 e. The Balaban J connectivity index is 1.78. The lowest BCUT2D eigenvalue weighted by atomic mass is 10.3. The molecule has 2 amide bonds. The van der Waals surface area contributed by atoms with Crippen LogP contribution in [-0.2, 0) is 0 Å². The van der Waals surface area contributed by atoms with E-state index in [0.717, 1.165) is 18.2 Å². The number of hydrogen-bond donors (Lipinski definition) is 4. The Morgan fingerprint density at radius 3 is 2.56 bits per heavy atom. The molecule has 0 aliphatic carbocycles. The van der Waals surface area contributed by atoms with Gasteiger partial charge in [0, 0.05) is 25.7 Å². The highest BCUT2D eigenvalue weighted by atomic mass is 16.5. The van der Waals surface area contributed by atoms with Gasteiger partial charge in [-0.1, -0.05) is 12.1 Å². The molecule has 8 nitrogen and oxygen atoms in total. The minimum atomic E-state index is -0.293.